The molecule has 0 atom stereocenters. The Labute approximate surface area is 135 Å². The van der Waals surface area contributed by atoms with E-state index in [1.54, 1.807) is 18.5 Å². The number of nitrogens with zero attached hydrogens (tertiary/aromatic N) is 3. The Kier molecular flexibility index (Phi) is 5.79. The molecule has 0 fully saturated rings. The number of hydrogen-bond acceptors (Lipinski definition) is 5. The summed E-state index contributed by atoms with van der Waals surface area (Å²) in [6.45, 7) is 6.12. The van der Waals surface area contributed by atoms with Crippen LogP contribution in [-0.2, 0) is 0 Å². The average Bonchev–Trinajstić information content (AvgIpc) is 2.56. The van der Waals surface area contributed by atoms with Crippen molar-refractivity contribution in [3.8, 4) is 0 Å². The fourth-order valence-electron chi connectivity index (χ4n) is 1.94. The molecule has 3 N–H and O–H groups in total. The van der Waals surface area contributed by atoms with Crippen LogP contribution in [0.4, 0.5) is 5.69 Å². The van der Waals surface area contributed by atoms with Crippen molar-refractivity contribution in [3.63, 3.8) is 0 Å². The summed E-state index contributed by atoms with van der Waals surface area (Å²) in [5.41, 5.74) is 6.39. The molecule has 1 aliphatic heterocycles. The quantitative estimate of drug-likeness (QED) is 0.344. The van der Waals surface area contributed by atoms with Gasteiger partial charge in [0.15, 0.2) is 5.11 Å². The predicted octanol–water partition coefficient (Wildman–Crippen LogP) is 2.18. The molecule has 0 unspecified atom stereocenters. The third-order valence-electron chi connectivity index (χ3n) is 2.98. The number of aliphatic imine (C=N–C) groups is 1. The number of hydrogen-bond donors (Lipinski definition) is 3. The molecule has 2 heterocycles. The standard InChI is InChI=1S/C15H18N6S/c1-3-11(6-9-16-2)19-15(22)21-20-13-7-10-17-12-5-4-8-18-14(12)13/h3-6,8-9,17H,2,7,10H2,1H3,(H2,19,21,22)/b9-6-,11-3+,20-13-. The summed E-state index contributed by atoms with van der Waals surface area (Å²) in [5, 5.41) is 11.1. The predicted molar refractivity (Wildman–Crippen MR) is 95.2 cm³/mol. The van der Waals surface area contributed by atoms with E-state index in [1.165, 1.54) is 0 Å². The van der Waals surface area contributed by atoms with Crippen LogP contribution in [-0.4, -0.2) is 29.1 Å². The summed E-state index contributed by atoms with van der Waals surface area (Å²) in [7, 11) is 0. The van der Waals surface area contributed by atoms with E-state index in [1.807, 2.05) is 25.1 Å². The van der Waals surface area contributed by atoms with Gasteiger partial charge in [0.05, 0.1) is 11.4 Å². The molecule has 1 aliphatic rings. The minimum atomic E-state index is 0.408. The first-order valence-electron chi connectivity index (χ1n) is 6.86. The van der Waals surface area contributed by atoms with Crippen LogP contribution >= 0.6 is 12.2 Å². The Balaban J connectivity index is 2.02. The van der Waals surface area contributed by atoms with Crippen molar-refractivity contribution in [3.05, 3.63) is 48.1 Å². The van der Waals surface area contributed by atoms with E-state index in [-0.39, 0.29) is 0 Å². The van der Waals surface area contributed by atoms with Gasteiger partial charge in [0.25, 0.3) is 0 Å². The third kappa shape index (κ3) is 4.23. The van der Waals surface area contributed by atoms with Crippen molar-refractivity contribution in [2.24, 2.45) is 10.1 Å². The van der Waals surface area contributed by atoms with Crippen LogP contribution < -0.4 is 16.1 Å². The maximum absolute atomic E-state index is 5.23. The van der Waals surface area contributed by atoms with Crippen LogP contribution in [0.1, 0.15) is 19.0 Å². The van der Waals surface area contributed by atoms with Crippen molar-refractivity contribution in [2.75, 3.05) is 11.9 Å². The number of fused-ring (bicyclic) bond motifs is 1. The van der Waals surface area contributed by atoms with Crippen molar-refractivity contribution in [1.29, 1.82) is 0 Å². The van der Waals surface area contributed by atoms with E-state index in [0.717, 1.165) is 35.8 Å². The minimum Gasteiger partial charge on any atom is -0.383 e. The van der Waals surface area contributed by atoms with Gasteiger partial charge in [-0.3, -0.25) is 15.4 Å². The molecule has 0 saturated carbocycles. The molecule has 0 bridgehead atoms. The van der Waals surface area contributed by atoms with Gasteiger partial charge in [0, 0.05) is 31.1 Å². The Morgan fingerprint density at radius 3 is 3.18 bits per heavy atom. The second kappa shape index (κ2) is 8.04. The first-order chi connectivity index (χ1) is 10.7. The fraction of sp³-hybridized carbons (Fsp3) is 0.200. The zero-order valence-electron chi connectivity index (χ0n) is 12.3. The van der Waals surface area contributed by atoms with E-state index in [9.17, 15) is 0 Å². The van der Waals surface area contributed by atoms with E-state index in [4.69, 9.17) is 12.2 Å². The molecule has 7 heteroatoms. The molecule has 1 aromatic rings. The van der Waals surface area contributed by atoms with Crippen molar-refractivity contribution < 1.29 is 0 Å². The Morgan fingerprint density at radius 1 is 1.55 bits per heavy atom. The number of nitrogens with one attached hydrogen (secondary N) is 3. The van der Waals surface area contributed by atoms with Crippen LogP contribution in [0.5, 0.6) is 0 Å². The molecule has 6 nitrogen and oxygen atoms in total. The SMILES string of the molecule is C=N/C=C\C(=C/C)NC(=S)N/N=C1/CCNc2cccnc21. The van der Waals surface area contributed by atoms with E-state index >= 15 is 0 Å². The summed E-state index contributed by atoms with van der Waals surface area (Å²) >= 11 is 5.23. The highest BCUT2D eigenvalue weighted by Gasteiger charge is 2.15. The molecular weight excluding hydrogens is 296 g/mol. The van der Waals surface area contributed by atoms with E-state index in [0.29, 0.717) is 5.11 Å². The second-order valence-electron chi connectivity index (χ2n) is 4.44. The molecule has 114 valence electrons. The summed E-state index contributed by atoms with van der Waals surface area (Å²) in [4.78, 5) is 8.01. The van der Waals surface area contributed by atoms with E-state index in [2.05, 4.69) is 37.9 Å². The van der Waals surface area contributed by atoms with Crippen molar-refractivity contribution in [2.45, 2.75) is 13.3 Å². The van der Waals surface area contributed by atoms with Crippen LogP contribution in [0.3, 0.4) is 0 Å². The number of rotatable bonds is 4. The molecule has 0 spiro atoms. The fourth-order valence-corrected chi connectivity index (χ4v) is 2.10. The van der Waals surface area contributed by atoms with Gasteiger partial charge < -0.3 is 10.6 Å². The highest BCUT2D eigenvalue weighted by Crippen LogP contribution is 2.18. The first-order valence-corrected chi connectivity index (χ1v) is 7.27. The number of pyridine rings is 1. The van der Waals surface area contributed by atoms with Crippen molar-refractivity contribution >= 4 is 35.4 Å². The molecule has 0 aromatic carbocycles. The number of allylic oxidation sites excluding steroid dienone is 2. The number of anilines is 1. The maximum atomic E-state index is 5.23. The normalized spacial score (nSPS) is 16.0. The van der Waals surface area contributed by atoms with Gasteiger partial charge in [-0.2, -0.15) is 5.10 Å². The average molecular weight is 314 g/mol. The zero-order chi connectivity index (χ0) is 15.8. The largest absolute Gasteiger partial charge is 0.383 e. The summed E-state index contributed by atoms with van der Waals surface area (Å²) < 4.78 is 0. The highest BCUT2D eigenvalue weighted by molar-refractivity contribution is 7.80. The Morgan fingerprint density at radius 2 is 2.41 bits per heavy atom. The maximum Gasteiger partial charge on any atom is 0.191 e. The monoisotopic (exact) mass is 314 g/mol. The van der Waals surface area contributed by atoms with Crippen LogP contribution in [0.2, 0.25) is 0 Å². The number of thiocarbonyl (C=S) groups is 1. The van der Waals surface area contributed by atoms with Gasteiger partial charge in [0.2, 0.25) is 0 Å². The highest BCUT2D eigenvalue weighted by atomic mass is 32.1. The number of aromatic nitrogens is 1. The lowest BCUT2D eigenvalue weighted by molar-refractivity contribution is 0.945. The molecule has 2 rings (SSSR count). The number of hydrazone groups is 1. The molecule has 0 aliphatic carbocycles. The molecule has 0 saturated heterocycles. The minimum absolute atomic E-state index is 0.408. The van der Waals surface area contributed by atoms with Gasteiger partial charge >= 0.3 is 0 Å². The zero-order valence-corrected chi connectivity index (χ0v) is 13.2. The van der Waals surface area contributed by atoms with Gasteiger partial charge in [-0.25, -0.2) is 0 Å². The summed E-state index contributed by atoms with van der Waals surface area (Å²) in [6, 6.07) is 3.88. The first kappa shape index (κ1) is 15.8. The third-order valence-corrected chi connectivity index (χ3v) is 3.17. The lowest BCUT2D eigenvalue weighted by Crippen LogP contribution is -2.32. The lowest BCUT2D eigenvalue weighted by Gasteiger charge is -2.18. The Hall–Kier alpha value is -2.54. The molecule has 0 radical (unpaired) electrons. The summed E-state index contributed by atoms with van der Waals surface area (Å²) in [5.74, 6) is 0. The second-order valence-corrected chi connectivity index (χ2v) is 4.85. The smallest absolute Gasteiger partial charge is 0.191 e. The summed E-state index contributed by atoms with van der Waals surface area (Å²) in [6.07, 6.45) is 7.78. The molecular formula is C15H18N6S. The molecule has 0 amide bonds. The van der Waals surface area contributed by atoms with Crippen LogP contribution in [0.25, 0.3) is 0 Å². The lowest BCUT2D eigenvalue weighted by atomic mass is 10.1. The van der Waals surface area contributed by atoms with E-state index < -0.39 is 0 Å². The van der Waals surface area contributed by atoms with Gasteiger partial charge in [-0.15, -0.1) is 0 Å². The van der Waals surface area contributed by atoms with Gasteiger partial charge in [0.1, 0.15) is 5.69 Å². The molecule has 22 heavy (non-hydrogen) atoms. The van der Waals surface area contributed by atoms with Crippen molar-refractivity contribution in [1.82, 2.24) is 15.7 Å². The Bertz CT molecular complexity index is 647. The van der Waals surface area contributed by atoms with Gasteiger partial charge in [-0.05, 0) is 44.1 Å². The van der Waals surface area contributed by atoms with Crippen LogP contribution in [0, 0.1) is 0 Å². The topological polar surface area (TPSA) is 73.7 Å². The van der Waals surface area contributed by atoms with Crippen LogP contribution in [0.15, 0.2) is 52.5 Å². The van der Waals surface area contributed by atoms with Gasteiger partial charge in [-0.1, -0.05) is 6.08 Å². The molecule has 1 aromatic heterocycles.